The first-order valence-corrected chi connectivity index (χ1v) is 10.2. The fourth-order valence-corrected chi connectivity index (χ4v) is 4.03. The zero-order valence-electron chi connectivity index (χ0n) is 16.5. The van der Waals surface area contributed by atoms with Gasteiger partial charge in [-0.15, -0.1) is 0 Å². The average Bonchev–Trinajstić information content (AvgIpc) is 2.65. The fraction of sp³-hybridized carbons (Fsp3) is 0.368. The normalized spacial score (nSPS) is 11.9. The van der Waals surface area contributed by atoms with Crippen LogP contribution in [0.3, 0.4) is 0 Å². The molecule has 2 aromatic rings. The molecule has 9 heteroatoms. The molecule has 0 bridgehead atoms. The first-order chi connectivity index (χ1) is 13.1. The number of nitrogens with zero attached hydrogens (tertiary/aromatic N) is 2. The Morgan fingerprint density at radius 2 is 1.61 bits per heavy atom. The van der Waals surface area contributed by atoms with Crippen molar-refractivity contribution < 1.29 is 22.3 Å². The van der Waals surface area contributed by atoms with E-state index in [1.165, 1.54) is 50.8 Å². The molecule has 0 aliphatic carbocycles. The van der Waals surface area contributed by atoms with E-state index in [0.29, 0.717) is 11.5 Å². The topological polar surface area (TPSA) is 59.1 Å². The van der Waals surface area contributed by atoms with Crippen LogP contribution in [0.1, 0.15) is 16.7 Å². The highest BCUT2D eigenvalue weighted by Crippen LogP contribution is 2.31. The Bertz CT molecular complexity index is 933. The monoisotopic (exact) mass is 430 g/mol. The molecule has 0 N–H and O–H groups in total. The minimum atomic E-state index is -3.85. The number of rotatable bonds is 8. The third-order valence-corrected chi connectivity index (χ3v) is 6.65. The molecule has 0 heterocycles. The molecule has 0 aromatic heterocycles. The van der Waals surface area contributed by atoms with Gasteiger partial charge in [0.05, 0.1) is 14.2 Å². The van der Waals surface area contributed by atoms with Gasteiger partial charge in [-0.1, -0.05) is 17.7 Å². The summed E-state index contributed by atoms with van der Waals surface area (Å²) in [4.78, 5) is 0. The number of methoxy groups -OCH3 is 2. The van der Waals surface area contributed by atoms with Crippen molar-refractivity contribution in [2.24, 2.45) is 0 Å². The fourth-order valence-electron chi connectivity index (χ4n) is 2.74. The predicted molar refractivity (Wildman–Crippen MR) is 108 cm³/mol. The van der Waals surface area contributed by atoms with Gasteiger partial charge in [0, 0.05) is 37.8 Å². The van der Waals surface area contributed by atoms with Crippen molar-refractivity contribution in [2.45, 2.75) is 20.0 Å². The Hall–Kier alpha value is -1.87. The van der Waals surface area contributed by atoms with E-state index in [0.717, 1.165) is 15.4 Å². The van der Waals surface area contributed by atoms with Gasteiger partial charge in [0.1, 0.15) is 5.82 Å². The van der Waals surface area contributed by atoms with E-state index < -0.39 is 16.0 Å². The maximum absolute atomic E-state index is 14.0. The van der Waals surface area contributed by atoms with Crippen molar-refractivity contribution in [3.05, 3.63) is 57.9 Å². The average molecular weight is 431 g/mol. The quantitative estimate of drug-likeness (QED) is 0.641. The lowest BCUT2D eigenvalue weighted by Gasteiger charge is -2.25. The molecule has 0 atom stereocenters. The first kappa shape index (κ1) is 22.4. The van der Waals surface area contributed by atoms with Crippen LogP contribution in [0.2, 0.25) is 5.02 Å². The van der Waals surface area contributed by atoms with Crippen molar-refractivity contribution in [3.8, 4) is 11.5 Å². The van der Waals surface area contributed by atoms with Crippen molar-refractivity contribution in [2.75, 3.05) is 28.3 Å². The van der Waals surface area contributed by atoms with Crippen LogP contribution in [-0.4, -0.2) is 45.3 Å². The van der Waals surface area contributed by atoms with E-state index in [9.17, 15) is 12.8 Å². The number of aryl methyl sites for hydroxylation is 1. The summed E-state index contributed by atoms with van der Waals surface area (Å²) in [7, 11) is 2.05. The van der Waals surface area contributed by atoms with E-state index in [1.54, 1.807) is 12.1 Å². The van der Waals surface area contributed by atoms with E-state index in [2.05, 4.69) is 0 Å². The largest absolute Gasteiger partial charge is 0.493 e. The zero-order chi connectivity index (χ0) is 21.1. The first-order valence-electron chi connectivity index (χ1n) is 8.43. The summed E-state index contributed by atoms with van der Waals surface area (Å²) >= 11 is 6.01. The molecular formula is C19H24ClFN2O4S. The second kappa shape index (κ2) is 9.09. The highest BCUT2D eigenvalue weighted by molar-refractivity contribution is 7.86. The number of benzene rings is 2. The zero-order valence-corrected chi connectivity index (χ0v) is 18.1. The van der Waals surface area contributed by atoms with Gasteiger partial charge in [0.2, 0.25) is 0 Å². The smallest absolute Gasteiger partial charge is 0.282 e. The Balaban J connectivity index is 2.24. The molecule has 0 fully saturated rings. The van der Waals surface area contributed by atoms with Crippen LogP contribution in [-0.2, 0) is 23.3 Å². The minimum Gasteiger partial charge on any atom is -0.493 e. The molecular weight excluding hydrogens is 407 g/mol. The van der Waals surface area contributed by atoms with E-state index in [4.69, 9.17) is 21.1 Å². The molecule has 0 saturated heterocycles. The van der Waals surface area contributed by atoms with Crippen LogP contribution in [0.25, 0.3) is 0 Å². The second-order valence-electron chi connectivity index (χ2n) is 6.35. The molecule has 2 aromatic carbocycles. The van der Waals surface area contributed by atoms with Crippen molar-refractivity contribution in [1.82, 2.24) is 8.61 Å². The van der Waals surface area contributed by atoms with E-state index in [-0.39, 0.29) is 23.7 Å². The van der Waals surface area contributed by atoms with Crippen LogP contribution in [0.5, 0.6) is 11.5 Å². The molecule has 2 rings (SSSR count). The number of halogens is 2. The van der Waals surface area contributed by atoms with Crippen LogP contribution < -0.4 is 9.47 Å². The van der Waals surface area contributed by atoms with Gasteiger partial charge >= 0.3 is 0 Å². The summed E-state index contributed by atoms with van der Waals surface area (Å²) in [5, 5.41) is 0.181. The molecule has 0 aliphatic rings. The summed E-state index contributed by atoms with van der Waals surface area (Å²) in [6, 6.07) is 7.78. The molecule has 0 unspecified atom stereocenters. The number of hydrogen-bond donors (Lipinski definition) is 0. The van der Waals surface area contributed by atoms with E-state index >= 15 is 0 Å². The maximum Gasteiger partial charge on any atom is 0.282 e. The van der Waals surface area contributed by atoms with Gasteiger partial charge in [-0.25, -0.2) is 4.39 Å². The Kier molecular flexibility index (Phi) is 7.28. The molecule has 28 heavy (non-hydrogen) atoms. The minimum absolute atomic E-state index is 0.115. The number of ether oxygens (including phenoxy) is 2. The van der Waals surface area contributed by atoms with Gasteiger partial charge in [-0.2, -0.15) is 17.0 Å². The van der Waals surface area contributed by atoms with Crippen LogP contribution in [0, 0.1) is 12.7 Å². The Morgan fingerprint density at radius 3 is 2.18 bits per heavy atom. The van der Waals surface area contributed by atoms with Crippen molar-refractivity contribution in [1.29, 1.82) is 0 Å². The molecule has 0 saturated carbocycles. The van der Waals surface area contributed by atoms with Gasteiger partial charge < -0.3 is 9.47 Å². The van der Waals surface area contributed by atoms with E-state index in [1.807, 2.05) is 6.92 Å². The summed E-state index contributed by atoms with van der Waals surface area (Å²) in [6.07, 6.45) is 0. The van der Waals surface area contributed by atoms with Crippen LogP contribution in [0.4, 0.5) is 4.39 Å². The predicted octanol–water partition coefficient (Wildman–Crippen LogP) is 3.61. The molecule has 0 amide bonds. The third-order valence-electron chi connectivity index (χ3n) is 4.47. The lowest BCUT2D eigenvalue weighted by molar-refractivity contribution is 0.352. The molecule has 6 nitrogen and oxygen atoms in total. The molecule has 0 spiro atoms. The summed E-state index contributed by atoms with van der Waals surface area (Å²) in [6.45, 7) is 1.80. The molecule has 0 radical (unpaired) electrons. The third kappa shape index (κ3) is 4.75. The standard InChI is InChI=1S/C19H24ClFN2O4S/c1-13-9-18(26-4)19(27-5)10-14(13)11-22(2)28(24,25)23(3)12-15-16(20)7-6-8-17(15)21/h6-10H,11-12H2,1-5H3. The summed E-state index contributed by atoms with van der Waals surface area (Å²) < 4.78 is 52.6. The number of hydrogen-bond acceptors (Lipinski definition) is 4. The maximum atomic E-state index is 14.0. The second-order valence-corrected chi connectivity index (χ2v) is 8.90. The lowest BCUT2D eigenvalue weighted by Crippen LogP contribution is -2.39. The Morgan fingerprint density at radius 1 is 1.04 bits per heavy atom. The molecule has 0 aliphatic heterocycles. The van der Waals surface area contributed by atoms with Gasteiger partial charge in [0.25, 0.3) is 10.2 Å². The van der Waals surface area contributed by atoms with Crippen molar-refractivity contribution >= 4 is 21.8 Å². The van der Waals surface area contributed by atoms with Gasteiger partial charge in [-0.3, -0.25) is 0 Å². The highest BCUT2D eigenvalue weighted by Gasteiger charge is 2.26. The van der Waals surface area contributed by atoms with Crippen LogP contribution >= 0.6 is 11.6 Å². The Labute approximate surface area is 170 Å². The SMILES string of the molecule is COc1cc(C)c(CN(C)S(=O)(=O)N(C)Cc2c(F)cccc2Cl)cc1OC. The van der Waals surface area contributed by atoms with Crippen LogP contribution in [0.15, 0.2) is 30.3 Å². The van der Waals surface area contributed by atoms with Crippen molar-refractivity contribution in [3.63, 3.8) is 0 Å². The summed E-state index contributed by atoms with van der Waals surface area (Å²) in [5.74, 6) is 0.536. The highest BCUT2D eigenvalue weighted by atomic mass is 35.5. The molecule has 154 valence electrons. The van der Waals surface area contributed by atoms with Gasteiger partial charge in [0.15, 0.2) is 11.5 Å². The lowest BCUT2D eigenvalue weighted by atomic mass is 10.1. The van der Waals surface area contributed by atoms with Gasteiger partial charge in [-0.05, 0) is 42.3 Å². The summed E-state index contributed by atoms with van der Waals surface area (Å²) in [5.41, 5.74) is 1.76.